The summed E-state index contributed by atoms with van der Waals surface area (Å²) in [4.78, 5) is 28.0. The van der Waals surface area contributed by atoms with Gasteiger partial charge in [-0.1, -0.05) is 6.07 Å². The molecule has 1 N–H and O–H groups in total. The molecule has 28 heavy (non-hydrogen) atoms. The average Bonchev–Trinajstić information content (AvgIpc) is 3.18. The first kappa shape index (κ1) is 18.1. The largest absolute Gasteiger partial charge is 0.433 e. The van der Waals surface area contributed by atoms with Gasteiger partial charge >= 0.3 is 6.18 Å². The molecule has 1 fully saturated rings. The van der Waals surface area contributed by atoms with Gasteiger partial charge in [-0.3, -0.25) is 14.3 Å². The lowest BCUT2D eigenvalue weighted by atomic mass is 9.76. The maximum Gasteiger partial charge on any atom is 0.433 e. The van der Waals surface area contributed by atoms with Crippen LogP contribution in [0.3, 0.4) is 0 Å². The Hall–Kier alpha value is -3.30. The zero-order valence-corrected chi connectivity index (χ0v) is 14.5. The van der Waals surface area contributed by atoms with Crippen molar-refractivity contribution in [2.24, 2.45) is 0 Å². The number of aromatic nitrogens is 5. The topological polar surface area (TPSA) is 85.6 Å². The Morgan fingerprint density at radius 3 is 2.61 bits per heavy atom. The van der Waals surface area contributed by atoms with E-state index < -0.39 is 17.8 Å². The van der Waals surface area contributed by atoms with Gasteiger partial charge in [0.05, 0.1) is 0 Å². The SMILES string of the molecule is O=C(N[C@H]1C[C@@H](c2ccc(C(F)(F)F)nc2)C1)c1nccc(-n2ccnc2)n1. The summed E-state index contributed by atoms with van der Waals surface area (Å²) in [5.41, 5.74) is -0.174. The summed E-state index contributed by atoms with van der Waals surface area (Å²) in [6.45, 7) is 0. The zero-order chi connectivity index (χ0) is 19.7. The van der Waals surface area contributed by atoms with Crippen molar-refractivity contribution >= 4 is 5.91 Å². The number of nitrogens with one attached hydrogen (secondary N) is 1. The lowest BCUT2D eigenvalue weighted by Gasteiger charge is -2.35. The number of amides is 1. The van der Waals surface area contributed by atoms with Crippen LogP contribution < -0.4 is 5.32 Å². The van der Waals surface area contributed by atoms with Gasteiger partial charge in [0.15, 0.2) is 0 Å². The fourth-order valence-electron chi connectivity index (χ4n) is 3.07. The predicted molar refractivity (Wildman–Crippen MR) is 91.6 cm³/mol. The quantitative estimate of drug-likeness (QED) is 0.743. The summed E-state index contributed by atoms with van der Waals surface area (Å²) in [5.74, 6) is 0.250. The maximum absolute atomic E-state index is 12.6. The first-order valence-electron chi connectivity index (χ1n) is 8.55. The Balaban J connectivity index is 1.35. The van der Waals surface area contributed by atoms with Crippen LogP contribution in [0.2, 0.25) is 0 Å². The van der Waals surface area contributed by atoms with E-state index in [1.165, 1.54) is 18.5 Å². The molecule has 3 aromatic rings. The number of hydrogen-bond acceptors (Lipinski definition) is 5. The van der Waals surface area contributed by atoms with E-state index in [-0.39, 0.29) is 17.8 Å². The molecule has 144 valence electrons. The van der Waals surface area contributed by atoms with Crippen molar-refractivity contribution in [2.45, 2.75) is 31.0 Å². The smallest absolute Gasteiger partial charge is 0.347 e. The van der Waals surface area contributed by atoms with Crippen LogP contribution in [0.4, 0.5) is 13.2 Å². The Kier molecular flexibility index (Phi) is 4.54. The third kappa shape index (κ3) is 3.71. The van der Waals surface area contributed by atoms with Crippen molar-refractivity contribution in [1.29, 1.82) is 0 Å². The van der Waals surface area contributed by atoms with Gasteiger partial charge in [-0.05, 0) is 36.5 Å². The number of halogens is 3. The van der Waals surface area contributed by atoms with Crippen LogP contribution in [0.5, 0.6) is 0 Å². The van der Waals surface area contributed by atoms with Crippen molar-refractivity contribution in [3.63, 3.8) is 0 Å². The second kappa shape index (κ2) is 7.02. The molecule has 0 aliphatic heterocycles. The molecule has 0 aromatic carbocycles. The van der Waals surface area contributed by atoms with Crippen molar-refractivity contribution in [3.05, 3.63) is 66.4 Å². The molecular formula is C18H15F3N6O. The van der Waals surface area contributed by atoms with Gasteiger partial charge in [-0.25, -0.2) is 15.0 Å². The molecule has 0 atom stereocenters. The van der Waals surface area contributed by atoms with Gasteiger partial charge in [-0.2, -0.15) is 13.2 Å². The van der Waals surface area contributed by atoms with Gasteiger partial charge in [0.2, 0.25) is 5.82 Å². The first-order chi connectivity index (χ1) is 13.4. The first-order valence-corrected chi connectivity index (χ1v) is 8.55. The zero-order valence-electron chi connectivity index (χ0n) is 14.5. The van der Waals surface area contributed by atoms with Crippen LogP contribution in [0.1, 0.15) is 40.6 Å². The molecule has 0 saturated heterocycles. The second-order valence-electron chi connectivity index (χ2n) is 6.52. The number of carbonyl (C=O) groups excluding carboxylic acids is 1. The van der Waals surface area contributed by atoms with Gasteiger partial charge in [0.25, 0.3) is 5.91 Å². The number of nitrogens with zero attached hydrogens (tertiary/aromatic N) is 5. The van der Waals surface area contributed by atoms with Gasteiger partial charge in [0.1, 0.15) is 17.8 Å². The van der Waals surface area contributed by atoms with E-state index in [0.29, 0.717) is 18.7 Å². The van der Waals surface area contributed by atoms with Crippen LogP contribution in [-0.2, 0) is 6.18 Å². The van der Waals surface area contributed by atoms with E-state index in [9.17, 15) is 18.0 Å². The third-order valence-electron chi connectivity index (χ3n) is 4.63. The third-order valence-corrected chi connectivity index (χ3v) is 4.63. The number of imidazole rings is 1. The number of hydrogen-bond donors (Lipinski definition) is 1. The highest BCUT2D eigenvalue weighted by atomic mass is 19.4. The summed E-state index contributed by atoms with van der Waals surface area (Å²) < 4.78 is 39.4. The average molecular weight is 388 g/mol. The minimum Gasteiger partial charge on any atom is -0.347 e. The molecule has 1 amide bonds. The molecule has 3 aromatic heterocycles. The van der Waals surface area contributed by atoms with Crippen LogP contribution in [0.25, 0.3) is 5.82 Å². The summed E-state index contributed by atoms with van der Waals surface area (Å²) in [5, 5.41) is 2.85. The lowest BCUT2D eigenvalue weighted by Crippen LogP contribution is -2.44. The maximum atomic E-state index is 12.6. The number of alkyl halides is 3. The number of pyridine rings is 1. The fourth-order valence-corrected chi connectivity index (χ4v) is 3.07. The highest BCUT2D eigenvalue weighted by molar-refractivity contribution is 5.90. The van der Waals surface area contributed by atoms with Crippen LogP contribution in [-0.4, -0.2) is 36.5 Å². The number of carbonyl (C=O) groups is 1. The van der Waals surface area contributed by atoms with E-state index in [1.54, 1.807) is 29.4 Å². The minimum absolute atomic E-state index is 0.0471. The molecule has 0 radical (unpaired) electrons. The van der Waals surface area contributed by atoms with Gasteiger partial charge < -0.3 is 5.32 Å². The predicted octanol–water partition coefficient (Wildman–Crippen LogP) is 2.75. The Bertz CT molecular complexity index is 966. The van der Waals surface area contributed by atoms with Crippen LogP contribution in [0, 0.1) is 0 Å². The lowest BCUT2D eigenvalue weighted by molar-refractivity contribution is -0.141. The van der Waals surface area contributed by atoms with Crippen molar-refractivity contribution in [1.82, 2.24) is 29.8 Å². The molecule has 0 unspecified atom stereocenters. The highest BCUT2D eigenvalue weighted by Crippen LogP contribution is 2.37. The molecule has 3 heterocycles. The van der Waals surface area contributed by atoms with Crippen molar-refractivity contribution in [3.8, 4) is 5.82 Å². The van der Waals surface area contributed by atoms with E-state index in [4.69, 9.17) is 0 Å². The monoisotopic (exact) mass is 388 g/mol. The minimum atomic E-state index is -4.44. The van der Waals surface area contributed by atoms with Crippen LogP contribution >= 0.6 is 0 Å². The summed E-state index contributed by atoms with van der Waals surface area (Å²) in [6.07, 6.45) is 4.43. The molecule has 1 aliphatic rings. The molecule has 1 aliphatic carbocycles. The van der Waals surface area contributed by atoms with Crippen molar-refractivity contribution in [2.75, 3.05) is 0 Å². The summed E-state index contributed by atoms with van der Waals surface area (Å²) in [6, 6.07) is 4.00. The van der Waals surface area contributed by atoms with Crippen LogP contribution in [0.15, 0.2) is 49.3 Å². The fraction of sp³-hybridized carbons (Fsp3) is 0.278. The molecular weight excluding hydrogens is 373 g/mol. The Morgan fingerprint density at radius 1 is 1.14 bits per heavy atom. The van der Waals surface area contributed by atoms with E-state index in [2.05, 4.69) is 25.3 Å². The summed E-state index contributed by atoms with van der Waals surface area (Å²) in [7, 11) is 0. The van der Waals surface area contributed by atoms with Gasteiger partial charge in [-0.15, -0.1) is 0 Å². The van der Waals surface area contributed by atoms with Crippen molar-refractivity contribution < 1.29 is 18.0 Å². The second-order valence-corrected chi connectivity index (χ2v) is 6.52. The highest BCUT2D eigenvalue weighted by Gasteiger charge is 2.35. The molecule has 7 nitrogen and oxygen atoms in total. The molecule has 0 bridgehead atoms. The van der Waals surface area contributed by atoms with E-state index in [1.807, 2.05) is 0 Å². The van der Waals surface area contributed by atoms with Gasteiger partial charge in [0, 0.05) is 30.8 Å². The van der Waals surface area contributed by atoms with E-state index in [0.717, 1.165) is 11.6 Å². The summed E-state index contributed by atoms with van der Waals surface area (Å²) >= 11 is 0. The normalized spacial score (nSPS) is 19.1. The Labute approximate surface area is 157 Å². The number of rotatable bonds is 4. The molecule has 4 rings (SSSR count). The molecule has 10 heteroatoms. The molecule has 1 saturated carbocycles. The Morgan fingerprint density at radius 2 is 1.96 bits per heavy atom. The standard InChI is InChI=1S/C18H15F3N6O/c19-18(20,21)14-2-1-11(9-24-14)12-7-13(8-12)25-17(28)16-23-4-3-15(26-16)27-6-5-22-10-27/h1-6,9-10,12-13H,7-8H2,(H,25,28)/t12-,13+. The van der Waals surface area contributed by atoms with E-state index >= 15 is 0 Å². The molecule has 0 spiro atoms.